The van der Waals surface area contributed by atoms with Crippen molar-refractivity contribution in [3.05, 3.63) is 270 Å². The summed E-state index contributed by atoms with van der Waals surface area (Å²) in [6, 6.07) is 86.1. The van der Waals surface area contributed by atoms with E-state index in [4.69, 9.17) is 4.98 Å². The van der Waals surface area contributed by atoms with Gasteiger partial charge in [0.15, 0.2) is 0 Å². The second kappa shape index (κ2) is 19.8. The summed E-state index contributed by atoms with van der Waals surface area (Å²) in [6.45, 7) is 23.9. The Morgan fingerprint density at radius 3 is 1.47 bits per heavy atom. The standard InChI is InChI=1S/C74H71BN4/c1-71(2,3)55-39-40-76-70(47-55)79-66-38-35-52(51-25-15-11-16-26-51)41-65(66)64-37-36-60(49-69(64)79)75(59-31-21-14-22-32-59)61-43-56(72(4,5)6)44-63(48-61)78-50-77(67-33-23-24-34-68(67)78)62-45-57(73(7,8)53-27-17-12-18-28-53)42-58(46-62)74(9,10)54-29-19-13-20-30-54/h11-49H,50H2,1-10H3. The molecule has 0 bridgehead atoms. The highest BCUT2D eigenvalue weighted by Gasteiger charge is 2.35. The summed E-state index contributed by atoms with van der Waals surface area (Å²) in [5.74, 6) is 0.924. The van der Waals surface area contributed by atoms with Gasteiger partial charge < -0.3 is 9.80 Å². The molecule has 0 radical (unpaired) electrons. The Morgan fingerprint density at radius 1 is 0.354 bits per heavy atom. The smallest absolute Gasteiger partial charge is 0.241 e. The van der Waals surface area contributed by atoms with E-state index in [-0.39, 0.29) is 28.4 Å². The second-order valence-electron chi connectivity index (χ2n) is 25.0. The Balaban J connectivity index is 1.03. The first kappa shape index (κ1) is 51.4. The molecule has 0 amide bonds. The van der Waals surface area contributed by atoms with Crippen LogP contribution in [-0.4, -0.2) is 22.9 Å². The van der Waals surface area contributed by atoms with Gasteiger partial charge in [-0.3, -0.25) is 4.57 Å². The van der Waals surface area contributed by atoms with Gasteiger partial charge in [-0.1, -0.05) is 249 Å². The van der Waals surface area contributed by atoms with Crippen LogP contribution in [0.1, 0.15) is 103 Å². The number of hydrogen-bond donors (Lipinski definition) is 0. The van der Waals surface area contributed by atoms with Crippen LogP contribution in [0.15, 0.2) is 237 Å². The Labute approximate surface area is 469 Å². The molecule has 0 aliphatic carbocycles. The van der Waals surface area contributed by atoms with Gasteiger partial charge in [0, 0.05) is 39.2 Å². The highest BCUT2D eigenvalue weighted by atomic mass is 15.4. The van der Waals surface area contributed by atoms with Crippen molar-refractivity contribution in [3.63, 3.8) is 0 Å². The third kappa shape index (κ3) is 9.54. The van der Waals surface area contributed by atoms with Gasteiger partial charge >= 0.3 is 0 Å². The highest BCUT2D eigenvalue weighted by molar-refractivity contribution is 6.95. The lowest BCUT2D eigenvalue weighted by Gasteiger charge is -2.33. The Kier molecular flexibility index (Phi) is 12.9. The molecular formula is C74H71BN4. The Morgan fingerprint density at radius 2 is 0.886 bits per heavy atom. The lowest BCUT2D eigenvalue weighted by molar-refractivity contribution is 0.588. The molecule has 0 unspecified atom stereocenters. The van der Waals surface area contributed by atoms with Crippen molar-refractivity contribution in [2.45, 2.75) is 90.9 Å². The number of pyridine rings is 1. The maximum Gasteiger partial charge on any atom is 0.241 e. The molecule has 79 heavy (non-hydrogen) atoms. The van der Waals surface area contributed by atoms with Crippen molar-refractivity contribution in [1.82, 2.24) is 9.55 Å². The summed E-state index contributed by atoms with van der Waals surface area (Å²) in [6.07, 6.45) is 1.98. The molecule has 5 heteroatoms. The first-order valence-electron chi connectivity index (χ1n) is 28.2. The molecular weight excluding hydrogens is 956 g/mol. The fourth-order valence-electron chi connectivity index (χ4n) is 12.1. The average Bonchev–Trinajstić information content (AvgIpc) is 4.11. The zero-order valence-corrected chi connectivity index (χ0v) is 47.6. The van der Waals surface area contributed by atoms with E-state index in [0.717, 1.165) is 16.9 Å². The molecule has 0 spiro atoms. The number of para-hydroxylation sites is 2. The zero-order chi connectivity index (χ0) is 54.8. The van der Waals surface area contributed by atoms with Gasteiger partial charge in [0.1, 0.15) is 12.5 Å². The quantitative estimate of drug-likeness (QED) is 0.121. The van der Waals surface area contributed by atoms with E-state index in [2.05, 4.69) is 314 Å². The largest absolute Gasteiger partial charge is 0.321 e. The van der Waals surface area contributed by atoms with Crippen molar-refractivity contribution in [3.8, 4) is 16.9 Å². The number of anilines is 4. The van der Waals surface area contributed by atoms with Crippen molar-refractivity contribution in [1.29, 1.82) is 0 Å². The van der Waals surface area contributed by atoms with E-state index in [9.17, 15) is 0 Å². The van der Waals surface area contributed by atoms with Gasteiger partial charge in [0.05, 0.1) is 22.4 Å². The van der Waals surface area contributed by atoms with E-state index in [1.54, 1.807) is 0 Å². The van der Waals surface area contributed by atoms with Gasteiger partial charge in [-0.05, 0) is 122 Å². The molecule has 1 aliphatic rings. The van der Waals surface area contributed by atoms with E-state index in [0.29, 0.717) is 6.67 Å². The second-order valence-corrected chi connectivity index (χ2v) is 25.0. The molecule has 0 atom stereocenters. The first-order valence-corrected chi connectivity index (χ1v) is 28.2. The average molecular weight is 1030 g/mol. The molecule has 12 rings (SSSR count). The molecule has 9 aromatic carbocycles. The highest BCUT2D eigenvalue weighted by Crippen LogP contribution is 2.48. The van der Waals surface area contributed by atoms with Crippen LogP contribution in [0.3, 0.4) is 0 Å². The Hall–Kier alpha value is -8.41. The predicted molar refractivity (Wildman–Crippen MR) is 338 cm³/mol. The molecule has 3 heterocycles. The van der Waals surface area contributed by atoms with Crippen LogP contribution >= 0.6 is 0 Å². The molecule has 11 aromatic rings. The summed E-state index contributed by atoms with van der Waals surface area (Å²) < 4.78 is 2.40. The third-order valence-electron chi connectivity index (χ3n) is 17.1. The minimum Gasteiger partial charge on any atom is -0.321 e. The molecule has 2 aromatic heterocycles. The number of fused-ring (bicyclic) bond motifs is 4. The van der Waals surface area contributed by atoms with E-state index in [1.807, 2.05) is 6.20 Å². The van der Waals surface area contributed by atoms with E-state index >= 15 is 0 Å². The number of hydrogen-bond acceptors (Lipinski definition) is 3. The van der Waals surface area contributed by atoms with Gasteiger partial charge in [-0.2, -0.15) is 0 Å². The van der Waals surface area contributed by atoms with Crippen LogP contribution in [0.4, 0.5) is 22.7 Å². The van der Waals surface area contributed by atoms with Crippen molar-refractivity contribution in [2.24, 2.45) is 0 Å². The fraction of sp³-hybridized carbons (Fsp3) is 0.203. The van der Waals surface area contributed by atoms with Crippen molar-refractivity contribution in [2.75, 3.05) is 16.5 Å². The molecule has 1 aliphatic heterocycles. The molecule has 390 valence electrons. The predicted octanol–water partition coefficient (Wildman–Crippen LogP) is 16.9. The fourth-order valence-corrected chi connectivity index (χ4v) is 12.1. The normalized spacial score (nSPS) is 13.1. The molecule has 4 nitrogen and oxygen atoms in total. The van der Waals surface area contributed by atoms with Crippen LogP contribution in [0, 0.1) is 0 Å². The van der Waals surface area contributed by atoms with Gasteiger partial charge in [-0.15, -0.1) is 0 Å². The summed E-state index contributed by atoms with van der Waals surface area (Å²) in [5, 5.41) is 2.41. The maximum absolute atomic E-state index is 5.12. The van der Waals surface area contributed by atoms with Crippen LogP contribution in [0.5, 0.6) is 0 Å². The SMILES string of the molecule is CC(C)(C)c1cc(B(c2ccccc2)c2ccc3c4cc(-c5ccccc5)ccc4n(-c4cc(C(C)(C)C)ccn4)c3c2)cc(N2CN(c3cc(C(C)(C)c4ccccc4)cc(C(C)(C)c4ccccc4)c3)c3ccccc32)c1. The summed E-state index contributed by atoms with van der Waals surface area (Å²) in [7, 11) is 0. The lowest BCUT2D eigenvalue weighted by Crippen LogP contribution is -2.52. The minimum atomic E-state index is -0.254. The van der Waals surface area contributed by atoms with E-state index in [1.165, 1.54) is 94.4 Å². The first-order chi connectivity index (χ1) is 37.9. The zero-order valence-electron chi connectivity index (χ0n) is 47.6. The van der Waals surface area contributed by atoms with Crippen LogP contribution in [0.25, 0.3) is 38.8 Å². The van der Waals surface area contributed by atoms with Crippen LogP contribution < -0.4 is 26.2 Å². The number of nitrogens with zero attached hydrogens (tertiary/aromatic N) is 4. The van der Waals surface area contributed by atoms with Gasteiger partial charge in [0.25, 0.3) is 0 Å². The van der Waals surface area contributed by atoms with Gasteiger partial charge in [-0.25, -0.2) is 4.98 Å². The topological polar surface area (TPSA) is 24.3 Å². The number of benzene rings is 9. The molecule has 0 saturated carbocycles. The maximum atomic E-state index is 5.12. The number of aromatic nitrogens is 2. The summed E-state index contributed by atoms with van der Waals surface area (Å²) >= 11 is 0. The lowest BCUT2D eigenvalue weighted by atomic mass is 9.36. The molecule has 0 N–H and O–H groups in total. The number of rotatable bonds is 11. The third-order valence-corrected chi connectivity index (χ3v) is 17.1. The van der Waals surface area contributed by atoms with Gasteiger partial charge in [0.2, 0.25) is 6.71 Å². The summed E-state index contributed by atoms with van der Waals surface area (Å²) in [5.41, 5.74) is 20.2. The van der Waals surface area contributed by atoms with Crippen LogP contribution in [0.2, 0.25) is 0 Å². The summed E-state index contributed by atoms with van der Waals surface area (Å²) in [4.78, 5) is 10.2. The molecule has 0 saturated heterocycles. The monoisotopic (exact) mass is 1030 g/mol. The minimum absolute atomic E-state index is 0.0469. The van der Waals surface area contributed by atoms with Crippen molar-refractivity contribution < 1.29 is 0 Å². The van der Waals surface area contributed by atoms with E-state index < -0.39 is 0 Å². The molecule has 0 fully saturated rings. The Bertz CT molecular complexity index is 3940. The van der Waals surface area contributed by atoms with Crippen molar-refractivity contribution >= 4 is 67.7 Å². The van der Waals surface area contributed by atoms with Crippen LogP contribution in [-0.2, 0) is 21.7 Å².